The molecule has 2 heteroatoms. The van der Waals surface area contributed by atoms with Gasteiger partial charge >= 0.3 is 0 Å². The lowest BCUT2D eigenvalue weighted by Gasteiger charge is -2.07. The molecule has 0 aliphatic heterocycles. The van der Waals surface area contributed by atoms with Gasteiger partial charge in [0.1, 0.15) is 0 Å². The van der Waals surface area contributed by atoms with E-state index in [0.29, 0.717) is 0 Å². The Hall–Kier alpha value is -3.52. The number of benzene rings is 2. The molecule has 2 aromatic rings. The zero-order valence-corrected chi connectivity index (χ0v) is 28.5. The van der Waals surface area contributed by atoms with Crippen molar-refractivity contribution in [2.45, 2.75) is 96.9 Å². The summed E-state index contributed by atoms with van der Waals surface area (Å²) in [6.07, 6.45) is 12.1. The Bertz CT molecular complexity index is 899. The minimum Gasteiger partial charge on any atom is -0.356 e. The predicted molar refractivity (Wildman–Crippen MR) is 190 cm³/mol. The number of allylic oxidation sites excluding steroid dienone is 8. The molecule has 224 valence electrons. The first-order valence-corrected chi connectivity index (χ1v) is 14.9. The second-order valence-corrected chi connectivity index (χ2v) is 7.83. The number of anilines is 2. The first kappa shape index (κ1) is 43.5. The van der Waals surface area contributed by atoms with Gasteiger partial charge in [0.05, 0.1) is 0 Å². The average Bonchev–Trinajstić information content (AvgIpc) is 2.99. The molecular weight excluding hydrogens is 484 g/mol. The van der Waals surface area contributed by atoms with E-state index in [-0.39, 0.29) is 0 Å². The van der Waals surface area contributed by atoms with Crippen LogP contribution in [0.1, 0.15) is 94.2 Å². The van der Waals surface area contributed by atoms with Crippen molar-refractivity contribution < 1.29 is 0 Å². The SMILES string of the molecule is C=C(C)/C=C\C(=C/C)Nc1ccc(C)cc1.C=C(C)/C=C\C(=C/C)Nc1ccc(C)cc1.CC.CC.CC.CC. The van der Waals surface area contributed by atoms with Crippen LogP contribution in [-0.2, 0) is 0 Å². The molecule has 0 unspecified atom stereocenters. The summed E-state index contributed by atoms with van der Waals surface area (Å²) in [6.45, 7) is 35.8. The summed E-state index contributed by atoms with van der Waals surface area (Å²) in [7, 11) is 0. The third-order valence-electron chi connectivity index (χ3n) is 4.40. The van der Waals surface area contributed by atoms with Crippen molar-refractivity contribution in [3.8, 4) is 0 Å². The molecule has 2 aromatic carbocycles. The smallest absolute Gasteiger partial charge is 0.0384 e. The summed E-state index contributed by atoms with van der Waals surface area (Å²) < 4.78 is 0. The Morgan fingerprint density at radius 3 is 0.950 bits per heavy atom. The van der Waals surface area contributed by atoms with Crippen molar-refractivity contribution in [1.29, 1.82) is 0 Å². The van der Waals surface area contributed by atoms with Gasteiger partial charge < -0.3 is 10.6 Å². The van der Waals surface area contributed by atoms with Crippen molar-refractivity contribution in [3.63, 3.8) is 0 Å². The van der Waals surface area contributed by atoms with E-state index in [9.17, 15) is 0 Å². The molecule has 2 N–H and O–H groups in total. The van der Waals surface area contributed by atoms with Crippen LogP contribution >= 0.6 is 0 Å². The topological polar surface area (TPSA) is 24.1 Å². The number of hydrogen-bond donors (Lipinski definition) is 2. The monoisotopic (exact) mass is 546 g/mol. The van der Waals surface area contributed by atoms with Crippen molar-refractivity contribution in [2.24, 2.45) is 0 Å². The van der Waals surface area contributed by atoms with Gasteiger partial charge in [0.25, 0.3) is 0 Å². The van der Waals surface area contributed by atoms with Crippen LogP contribution in [0.3, 0.4) is 0 Å². The molecule has 0 aliphatic carbocycles. The molecule has 40 heavy (non-hydrogen) atoms. The maximum atomic E-state index is 3.84. The molecule has 0 saturated heterocycles. The van der Waals surface area contributed by atoms with Gasteiger partial charge in [-0.15, -0.1) is 0 Å². The van der Waals surface area contributed by atoms with Gasteiger partial charge in [0, 0.05) is 22.8 Å². The summed E-state index contributed by atoms with van der Waals surface area (Å²) in [6, 6.07) is 16.7. The minimum absolute atomic E-state index is 1.05. The Morgan fingerprint density at radius 1 is 0.500 bits per heavy atom. The van der Waals surface area contributed by atoms with Gasteiger partial charge in [-0.1, -0.05) is 139 Å². The fraction of sp³-hybridized carbons (Fsp3) is 0.368. The van der Waals surface area contributed by atoms with Crippen LogP contribution in [0.5, 0.6) is 0 Å². The highest BCUT2D eigenvalue weighted by Crippen LogP contribution is 2.13. The van der Waals surface area contributed by atoms with Gasteiger partial charge in [-0.2, -0.15) is 0 Å². The normalized spacial score (nSPS) is 10.1. The number of aryl methyl sites for hydroxylation is 2. The van der Waals surface area contributed by atoms with Gasteiger partial charge in [-0.25, -0.2) is 0 Å². The van der Waals surface area contributed by atoms with E-state index >= 15 is 0 Å². The highest BCUT2D eigenvalue weighted by molar-refractivity contribution is 5.52. The highest BCUT2D eigenvalue weighted by Gasteiger charge is 1.94. The summed E-state index contributed by atoms with van der Waals surface area (Å²) >= 11 is 0. The largest absolute Gasteiger partial charge is 0.356 e. The first-order chi connectivity index (χ1) is 19.2. The lowest BCUT2D eigenvalue weighted by molar-refractivity contribution is 1.40. The molecule has 0 radical (unpaired) electrons. The zero-order chi connectivity index (χ0) is 31.9. The van der Waals surface area contributed by atoms with Crippen molar-refractivity contribution in [1.82, 2.24) is 0 Å². The quantitative estimate of drug-likeness (QED) is 0.322. The number of nitrogens with one attached hydrogen (secondary N) is 2. The average molecular weight is 547 g/mol. The fourth-order valence-electron chi connectivity index (χ4n) is 2.49. The number of hydrogen-bond acceptors (Lipinski definition) is 2. The second kappa shape index (κ2) is 31.7. The maximum absolute atomic E-state index is 3.84. The van der Waals surface area contributed by atoms with Crippen LogP contribution < -0.4 is 10.6 Å². The molecule has 0 fully saturated rings. The van der Waals surface area contributed by atoms with Gasteiger partial charge in [0.15, 0.2) is 0 Å². The summed E-state index contributed by atoms with van der Waals surface area (Å²) in [5.74, 6) is 0. The van der Waals surface area contributed by atoms with Crippen LogP contribution in [0, 0.1) is 13.8 Å². The van der Waals surface area contributed by atoms with E-state index in [1.165, 1.54) is 11.1 Å². The number of rotatable bonds is 8. The van der Waals surface area contributed by atoms with Crippen LogP contribution in [-0.4, -0.2) is 0 Å². The molecule has 0 atom stereocenters. The third kappa shape index (κ3) is 26.1. The summed E-state index contributed by atoms with van der Waals surface area (Å²) in [5, 5.41) is 6.69. The molecule has 0 bridgehead atoms. The molecule has 0 aromatic heterocycles. The standard InChI is InChI=1S/2C15H19N.4C2H6/c2*1-5-14(9-6-12(2)3)16-15-10-7-13(4)8-11-15;4*1-2/h2*5-11,16H,2H2,1,3-4H3;4*1-2H3/b2*9-6-,14-5+;;;;. The van der Waals surface area contributed by atoms with Crippen molar-refractivity contribution in [2.75, 3.05) is 10.6 Å². The van der Waals surface area contributed by atoms with Crippen LogP contribution in [0.15, 0.2) is 121 Å². The second-order valence-electron chi connectivity index (χ2n) is 7.83. The van der Waals surface area contributed by atoms with Crippen molar-refractivity contribution >= 4 is 11.4 Å². The molecule has 2 nitrogen and oxygen atoms in total. The van der Waals surface area contributed by atoms with Crippen LogP contribution in [0.4, 0.5) is 11.4 Å². The molecular formula is C38H62N2. The van der Waals surface area contributed by atoms with E-state index in [1.54, 1.807) is 0 Å². The van der Waals surface area contributed by atoms with E-state index in [0.717, 1.165) is 33.9 Å². The lowest BCUT2D eigenvalue weighted by Crippen LogP contribution is -1.96. The Morgan fingerprint density at radius 2 is 0.750 bits per heavy atom. The van der Waals surface area contributed by atoms with Gasteiger partial charge in [0.2, 0.25) is 0 Å². The molecule has 2 rings (SSSR count). The maximum Gasteiger partial charge on any atom is 0.0384 e. The highest BCUT2D eigenvalue weighted by atomic mass is 14.9. The Kier molecular flexibility index (Phi) is 34.5. The summed E-state index contributed by atoms with van der Waals surface area (Å²) in [4.78, 5) is 0. The van der Waals surface area contributed by atoms with Crippen LogP contribution in [0.2, 0.25) is 0 Å². The van der Waals surface area contributed by atoms with Crippen LogP contribution in [0.25, 0.3) is 0 Å². The Labute approximate surface area is 250 Å². The van der Waals surface area contributed by atoms with Gasteiger partial charge in [-0.05, 0) is 78.0 Å². The van der Waals surface area contributed by atoms with Crippen molar-refractivity contribution in [3.05, 3.63) is 132 Å². The molecule has 0 heterocycles. The molecule has 0 amide bonds. The Balaban J connectivity index is -0.000000259. The third-order valence-corrected chi connectivity index (χ3v) is 4.40. The van der Waals surface area contributed by atoms with E-state index in [4.69, 9.17) is 0 Å². The molecule has 0 saturated carbocycles. The van der Waals surface area contributed by atoms with Gasteiger partial charge in [-0.3, -0.25) is 0 Å². The predicted octanol–water partition coefficient (Wildman–Crippen LogP) is 13.0. The molecule has 0 aliphatic rings. The zero-order valence-electron chi connectivity index (χ0n) is 28.5. The van der Waals surface area contributed by atoms with E-state index in [1.807, 2.05) is 120 Å². The fourth-order valence-corrected chi connectivity index (χ4v) is 2.49. The van der Waals surface area contributed by atoms with E-state index in [2.05, 4.69) is 86.2 Å². The van der Waals surface area contributed by atoms with E-state index < -0.39 is 0 Å². The minimum atomic E-state index is 1.05. The molecule has 0 spiro atoms. The first-order valence-electron chi connectivity index (χ1n) is 14.9. The summed E-state index contributed by atoms with van der Waals surface area (Å²) in [5.41, 5.74) is 8.99. The lowest BCUT2D eigenvalue weighted by atomic mass is 10.2.